The van der Waals surface area contributed by atoms with E-state index < -0.39 is 16.0 Å². The predicted octanol–water partition coefficient (Wildman–Crippen LogP) is 3.98. The highest BCUT2D eigenvalue weighted by molar-refractivity contribution is 7.89. The largest absolute Gasteiger partial charge is 0.458 e. The number of thiophene rings is 1. The third-order valence-electron chi connectivity index (χ3n) is 5.35. The van der Waals surface area contributed by atoms with Crippen LogP contribution in [0.4, 0.5) is 0 Å². The van der Waals surface area contributed by atoms with Crippen molar-refractivity contribution in [2.45, 2.75) is 56.1 Å². The third-order valence-corrected chi connectivity index (χ3v) is 8.27. The average molecular weight is 406 g/mol. The fourth-order valence-corrected chi connectivity index (χ4v) is 6.54. The Morgan fingerprint density at radius 2 is 1.81 bits per heavy atom. The molecule has 7 heteroatoms. The van der Waals surface area contributed by atoms with Gasteiger partial charge in [0.1, 0.15) is 15.9 Å². The van der Waals surface area contributed by atoms with E-state index in [0.29, 0.717) is 19.5 Å². The molecule has 1 saturated carbocycles. The summed E-state index contributed by atoms with van der Waals surface area (Å²) in [6, 6.07) is 9.42. The number of rotatable bonds is 4. The molecule has 1 aliphatic carbocycles. The van der Waals surface area contributed by atoms with Crippen molar-refractivity contribution in [2.75, 3.05) is 6.54 Å². The Morgan fingerprint density at radius 1 is 1.07 bits per heavy atom. The van der Waals surface area contributed by atoms with E-state index in [2.05, 4.69) is 0 Å². The fourth-order valence-electron chi connectivity index (χ4n) is 3.85. The van der Waals surface area contributed by atoms with Gasteiger partial charge in [0.15, 0.2) is 0 Å². The van der Waals surface area contributed by atoms with Crippen LogP contribution < -0.4 is 0 Å². The predicted molar refractivity (Wildman–Crippen MR) is 104 cm³/mol. The van der Waals surface area contributed by atoms with Crippen LogP contribution in [0.1, 0.15) is 52.9 Å². The van der Waals surface area contributed by atoms with Crippen LogP contribution in [0.3, 0.4) is 0 Å². The van der Waals surface area contributed by atoms with Crippen LogP contribution in [-0.2, 0) is 27.7 Å². The van der Waals surface area contributed by atoms with Crippen molar-refractivity contribution in [1.82, 2.24) is 4.31 Å². The zero-order valence-electron chi connectivity index (χ0n) is 15.1. The molecule has 2 aliphatic rings. The molecule has 1 aromatic carbocycles. The summed E-state index contributed by atoms with van der Waals surface area (Å²) in [5, 5.41) is 1.65. The number of benzene rings is 1. The molecule has 2 heterocycles. The number of esters is 1. The highest BCUT2D eigenvalue weighted by atomic mass is 32.2. The van der Waals surface area contributed by atoms with E-state index in [1.54, 1.807) is 5.38 Å². The summed E-state index contributed by atoms with van der Waals surface area (Å²) in [7, 11) is -3.73. The first-order valence-electron chi connectivity index (χ1n) is 9.41. The summed E-state index contributed by atoms with van der Waals surface area (Å²) < 4.78 is 33.5. The van der Waals surface area contributed by atoms with Gasteiger partial charge in [-0.05, 0) is 54.7 Å². The summed E-state index contributed by atoms with van der Waals surface area (Å²) in [4.78, 5) is 12.9. The number of hydrogen-bond donors (Lipinski definition) is 0. The molecule has 0 amide bonds. The van der Waals surface area contributed by atoms with Gasteiger partial charge in [0, 0.05) is 13.1 Å². The first kappa shape index (κ1) is 18.7. The quantitative estimate of drug-likeness (QED) is 0.722. The zero-order chi connectivity index (χ0) is 18.9. The molecule has 1 aliphatic heterocycles. The fraction of sp³-hybridized carbons (Fsp3) is 0.450. The number of ether oxygens (including phenoxy) is 1. The van der Waals surface area contributed by atoms with Crippen LogP contribution >= 0.6 is 11.3 Å². The van der Waals surface area contributed by atoms with Gasteiger partial charge in [-0.3, -0.25) is 0 Å². The molecule has 0 atom stereocenters. The molecule has 0 N–H and O–H groups in total. The van der Waals surface area contributed by atoms with Gasteiger partial charge in [-0.1, -0.05) is 30.7 Å². The lowest BCUT2D eigenvalue weighted by atomic mass is 9.98. The smallest absolute Gasteiger partial charge is 0.349 e. The average Bonchev–Trinajstić information content (AvgIpc) is 3.19. The molecule has 0 radical (unpaired) electrons. The molecule has 144 valence electrons. The Morgan fingerprint density at radius 3 is 2.59 bits per heavy atom. The van der Waals surface area contributed by atoms with Crippen molar-refractivity contribution < 1.29 is 17.9 Å². The van der Waals surface area contributed by atoms with Crippen LogP contribution in [-0.4, -0.2) is 31.3 Å². The standard InChI is InChI=1S/C20H23NO4S2/c22-20(25-17-8-2-1-3-9-17)19-18(11-13-26-19)27(23,24)21-12-10-15-6-4-5-7-16(15)14-21/h4-7,11,13,17H,1-3,8-10,12,14H2. The van der Waals surface area contributed by atoms with Gasteiger partial charge in [0.25, 0.3) is 0 Å². The lowest BCUT2D eigenvalue weighted by Crippen LogP contribution is -2.36. The zero-order valence-corrected chi connectivity index (χ0v) is 16.7. The SMILES string of the molecule is O=C(OC1CCCCC1)c1sccc1S(=O)(=O)N1CCc2ccccc2C1. The number of sulfonamides is 1. The van der Waals surface area contributed by atoms with Crippen LogP contribution in [0.25, 0.3) is 0 Å². The normalized spacial score (nSPS) is 18.8. The van der Waals surface area contributed by atoms with Gasteiger partial charge < -0.3 is 4.74 Å². The molecule has 0 bridgehead atoms. The summed E-state index contributed by atoms with van der Waals surface area (Å²) in [6.45, 7) is 0.762. The number of carbonyl (C=O) groups excluding carboxylic acids is 1. The molecule has 1 aromatic heterocycles. The monoisotopic (exact) mass is 405 g/mol. The van der Waals surface area contributed by atoms with Crippen LogP contribution in [0.5, 0.6) is 0 Å². The second kappa shape index (κ2) is 7.73. The minimum atomic E-state index is -3.73. The van der Waals surface area contributed by atoms with Crippen molar-refractivity contribution >= 4 is 27.3 Å². The topological polar surface area (TPSA) is 63.7 Å². The second-order valence-electron chi connectivity index (χ2n) is 7.14. The van der Waals surface area contributed by atoms with E-state index in [0.717, 1.165) is 42.6 Å². The van der Waals surface area contributed by atoms with Gasteiger partial charge in [-0.15, -0.1) is 11.3 Å². The molecular weight excluding hydrogens is 382 g/mol. The highest BCUT2D eigenvalue weighted by Gasteiger charge is 2.33. The van der Waals surface area contributed by atoms with E-state index in [-0.39, 0.29) is 15.9 Å². The lowest BCUT2D eigenvalue weighted by molar-refractivity contribution is 0.0212. The van der Waals surface area contributed by atoms with E-state index in [4.69, 9.17) is 4.74 Å². The molecule has 27 heavy (non-hydrogen) atoms. The molecule has 0 saturated heterocycles. The number of carbonyl (C=O) groups is 1. The van der Waals surface area contributed by atoms with Crippen LogP contribution in [0.2, 0.25) is 0 Å². The number of fused-ring (bicyclic) bond motifs is 1. The van der Waals surface area contributed by atoms with Gasteiger partial charge >= 0.3 is 5.97 Å². The Labute approximate surface area is 164 Å². The highest BCUT2D eigenvalue weighted by Crippen LogP contribution is 2.31. The maximum Gasteiger partial charge on any atom is 0.349 e. The summed E-state index contributed by atoms with van der Waals surface area (Å²) in [6.07, 6.45) is 5.60. The molecular formula is C20H23NO4S2. The Hall–Kier alpha value is -1.70. The number of hydrogen-bond acceptors (Lipinski definition) is 5. The minimum Gasteiger partial charge on any atom is -0.458 e. The van der Waals surface area contributed by atoms with E-state index >= 15 is 0 Å². The Balaban J connectivity index is 1.55. The van der Waals surface area contributed by atoms with Crippen molar-refractivity contribution in [3.63, 3.8) is 0 Å². The Bertz CT molecular complexity index is 929. The maximum atomic E-state index is 13.2. The maximum absolute atomic E-state index is 13.2. The summed E-state index contributed by atoms with van der Waals surface area (Å²) in [5.41, 5.74) is 2.21. The van der Waals surface area contributed by atoms with Crippen LogP contribution in [0.15, 0.2) is 40.6 Å². The summed E-state index contributed by atoms with van der Waals surface area (Å²) >= 11 is 1.14. The van der Waals surface area contributed by atoms with E-state index in [1.165, 1.54) is 22.4 Å². The first-order valence-corrected chi connectivity index (χ1v) is 11.7. The van der Waals surface area contributed by atoms with Crippen molar-refractivity contribution in [3.05, 3.63) is 51.7 Å². The second-order valence-corrected chi connectivity index (χ2v) is 9.96. The van der Waals surface area contributed by atoms with Gasteiger partial charge in [0.05, 0.1) is 0 Å². The van der Waals surface area contributed by atoms with Gasteiger partial charge in [0.2, 0.25) is 10.0 Å². The van der Waals surface area contributed by atoms with Crippen molar-refractivity contribution in [2.24, 2.45) is 0 Å². The molecule has 0 spiro atoms. The molecule has 5 nitrogen and oxygen atoms in total. The molecule has 4 rings (SSSR count). The van der Waals surface area contributed by atoms with Crippen molar-refractivity contribution in [1.29, 1.82) is 0 Å². The summed E-state index contributed by atoms with van der Waals surface area (Å²) in [5.74, 6) is -0.507. The van der Waals surface area contributed by atoms with Crippen molar-refractivity contribution in [3.8, 4) is 0 Å². The molecule has 1 fully saturated rings. The Kier molecular flexibility index (Phi) is 5.34. The molecule has 0 unspecified atom stereocenters. The molecule has 2 aromatic rings. The van der Waals surface area contributed by atoms with Gasteiger partial charge in [-0.25, -0.2) is 13.2 Å². The van der Waals surface area contributed by atoms with E-state index in [9.17, 15) is 13.2 Å². The lowest BCUT2D eigenvalue weighted by Gasteiger charge is -2.28. The van der Waals surface area contributed by atoms with E-state index in [1.807, 2.05) is 24.3 Å². The van der Waals surface area contributed by atoms with Crippen LogP contribution in [0, 0.1) is 0 Å². The number of nitrogens with zero attached hydrogens (tertiary/aromatic N) is 1. The first-order chi connectivity index (χ1) is 13.1. The third kappa shape index (κ3) is 3.81. The minimum absolute atomic E-state index is 0.0766. The van der Waals surface area contributed by atoms with Gasteiger partial charge in [-0.2, -0.15) is 4.31 Å².